The number of carbonyl (C=O) groups is 1. The standard InChI is InChI=1S/C23H22N4O2/c1-26(2)21-14-20(18-12-8-5-9-13-18)25-22(19(15-24)23(28)29-3)27(21)16-17-10-6-4-7-11-17/h4-14H,16H2,1-3H3/b22-19-. The van der Waals surface area contributed by atoms with Crippen molar-refractivity contribution in [3.8, 4) is 6.07 Å². The van der Waals surface area contributed by atoms with Gasteiger partial charge < -0.3 is 14.5 Å². The van der Waals surface area contributed by atoms with Gasteiger partial charge in [0.2, 0.25) is 0 Å². The highest BCUT2D eigenvalue weighted by Gasteiger charge is 2.28. The zero-order chi connectivity index (χ0) is 20.8. The normalized spacial score (nSPS) is 15.0. The van der Waals surface area contributed by atoms with Crippen molar-refractivity contribution in [1.82, 2.24) is 9.80 Å². The number of hydrogen-bond donors (Lipinski definition) is 0. The smallest absolute Gasteiger partial charge is 0.352 e. The first-order chi connectivity index (χ1) is 14.0. The molecule has 0 bridgehead atoms. The first kappa shape index (κ1) is 19.9. The number of aliphatic imine (C=N–C) groups is 1. The summed E-state index contributed by atoms with van der Waals surface area (Å²) in [6, 6.07) is 21.5. The zero-order valence-corrected chi connectivity index (χ0v) is 16.7. The molecule has 0 N–H and O–H groups in total. The Labute approximate surface area is 170 Å². The summed E-state index contributed by atoms with van der Waals surface area (Å²) in [6.45, 7) is 0.452. The van der Waals surface area contributed by atoms with Crippen LogP contribution in [0.4, 0.5) is 0 Å². The summed E-state index contributed by atoms with van der Waals surface area (Å²) in [6.07, 6.45) is 1.95. The summed E-state index contributed by atoms with van der Waals surface area (Å²) in [5, 5.41) is 9.71. The summed E-state index contributed by atoms with van der Waals surface area (Å²) in [5.41, 5.74) is 2.46. The van der Waals surface area contributed by atoms with Gasteiger partial charge in [0.1, 0.15) is 11.9 Å². The molecule has 0 amide bonds. The summed E-state index contributed by atoms with van der Waals surface area (Å²) < 4.78 is 4.84. The lowest BCUT2D eigenvalue weighted by Gasteiger charge is -2.35. The summed E-state index contributed by atoms with van der Waals surface area (Å²) in [4.78, 5) is 20.8. The van der Waals surface area contributed by atoms with Gasteiger partial charge in [-0.3, -0.25) is 0 Å². The summed E-state index contributed by atoms with van der Waals surface area (Å²) >= 11 is 0. The van der Waals surface area contributed by atoms with Crippen LogP contribution in [0.1, 0.15) is 11.1 Å². The number of nitriles is 1. The fourth-order valence-corrected chi connectivity index (χ4v) is 3.04. The number of nitrogens with zero attached hydrogens (tertiary/aromatic N) is 4. The molecule has 0 saturated carbocycles. The second kappa shape index (κ2) is 8.89. The van der Waals surface area contributed by atoms with Crippen molar-refractivity contribution in [2.75, 3.05) is 21.2 Å². The van der Waals surface area contributed by atoms with Crippen molar-refractivity contribution in [3.05, 3.63) is 95.1 Å². The third-order valence-electron chi connectivity index (χ3n) is 4.46. The van der Waals surface area contributed by atoms with Gasteiger partial charge in [0, 0.05) is 25.7 Å². The molecular weight excluding hydrogens is 364 g/mol. The number of hydrogen-bond acceptors (Lipinski definition) is 6. The largest absolute Gasteiger partial charge is 0.465 e. The van der Waals surface area contributed by atoms with Crippen molar-refractivity contribution in [1.29, 1.82) is 5.26 Å². The number of esters is 1. The molecular formula is C23H22N4O2. The molecule has 0 aliphatic carbocycles. The van der Waals surface area contributed by atoms with E-state index in [1.807, 2.05) is 96.7 Å². The fourth-order valence-electron chi connectivity index (χ4n) is 3.04. The summed E-state index contributed by atoms with van der Waals surface area (Å²) in [7, 11) is 5.09. The second-order valence-corrected chi connectivity index (χ2v) is 6.63. The Morgan fingerprint density at radius 1 is 1.10 bits per heavy atom. The van der Waals surface area contributed by atoms with Gasteiger partial charge in [-0.25, -0.2) is 9.79 Å². The lowest BCUT2D eigenvalue weighted by Crippen LogP contribution is -2.35. The van der Waals surface area contributed by atoms with Crippen molar-refractivity contribution in [2.45, 2.75) is 6.54 Å². The highest BCUT2D eigenvalue weighted by atomic mass is 16.5. The zero-order valence-electron chi connectivity index (χ0n) is 16.7. The van der Waals surface area contributed by atoms with Crippen molar-refractivity contribution in [3.63, 3.8) is 0 Å². The predicted octanol–water partition coefficient (Wildman–Crippen LogP) is 3.30. The molecule has 2 aromatic carbocycles. The molecule has 0 atom stereocenters. The Morgan fingerprint density at radius 3 is 2.28 bits per heavy atom. The molecule has 1 aliphatic rings. The molecule has 0 saturated heterocycles. The van der Waals surface area contributed by atoms with Crippen LogP contribution in [0.2, 0.25) is 0 Å². The number of rotatable bonds is 5. The Hall–Kier alpha value is -3.85. The predicted molar refractivity (Wildman–Crippen MR) is 111 cm³/mol. The van der Waals surface area contributed by atoms with Crippen LogP contribution in [0.5, 0.6) is 0 Å². The molecule has 0 fully saturated rings. The Bertz CT molecular complexity index is 1020. The average molecular weight is 386 g/mol. The lowest BCUT2D eigenvalue weighted by molar-refractivity contribution is -0.135. The maximum Gasteiger partial charge on any atom is 0.352 e. The van der Waals surface area contributed by atoms with E-state index in [2.05, 4.69) is 0 Å². The Kier molecular flexibility index (Phi) is 6.10. The molecule has 29 heavy (non-hydrogen) atoms. The van der Waals surface area contributed by atoms with E-state index in [-0.39, 0.29) is 11.4 Å². The van der Waals surface area contributed by atoms with Gasteiger partial charge in [0.25, 0.3) is 0 Å². The minimum Gasteiger partial charge on any atom is -0.465 e. The van der Waals surface area contributed by atoms with Gasteiger partial charge >= 0.3 is 5.97 Å². The molecule has 0 unspecified atom stereocenters. The maximum absolute atomic E-state index is 12.3. The lowest BCUT2D eigenvalue weighted by atomic mass is 10.1. The topological polar surface area (TPSA) is 68.9 Å². The molecule has 6 nitrogen and oxygen atoms in total. The molecule has 3 rings (SSSR count). The van der Waals surface area contributed by atoms with Gasteiger partial charge in [-0.2, -0.15) is 5.26 Å². The van der Waals surface area contributed by atoms with Crippen LogP contribution in [0.25, 0.3) is 0 Å². The number of ether oxygens (including phenoxy) is 1. The Balaban J connectivity index is 2.20. The van der Waals surface area contributed by atoms with Gasteiger partial charge in [0.05, 0.1) is 19.4 Å². The van der Waals surface area contributed by atoms with Gasteiger partial charge in [-0.15, -0.1) is 0 Å². The van der Waals surface area contributed by atoms with E-state index in [1.54, 1.807) is 0 Å². The van der Waals surface area contributed by atoms with Gasteiger partial charge in [0.15, 0.2) is 11.4 Å². The van der Waals surface area contributed by atoms with Crippen LogP contribution in [-0.2, 0) is 16.1 Å². The number of allylic oxidation sites excluding steroid dienone is 1. The molecule has 0 aromatic heterocycles. The minimum absolute atomic E-state index is 0.135. The first-order valence-corrected chi connectivity index (χ1v) is 9.12. The quantitative estimate of drug-likeness (QED) is 0.448. The third-order valence-corrected chi connectivity index (χ3v) is 4.46. The van der Waals surface area contributed by atoms with E-state index in [0.717, 1.165) is 16.9 Å². The number of carbonyl (C=O) groups excluding carboxylic acids is 1. The molecule has 146 valence electrons. The first-order valence-electron chi connectivity index (χ1n) is 9.12. The minimum atomic E-state index is -0.711. The second-order valence-electron chi connectivity index (χ2n) is 6.63. The van der Waals surface area contributed by atoms with Gasteiger partial charge in [-0.1, -0.05) is 60.7 Å². The molecule has 0 spiro atoms. The van der Waals surface area contributed by atoms with Crippen molar-refractivity contribution < 1.29 is 9.53 Å². The SMILES string of the molecule is COC(=O)/C(C#N)=C1/N=C(c2ccccc2)C=C(N(C)C)N1Cc1ccccc1. The third kappa shape index (κ3) is 4.36. The molecule has 2 aromatic rings. The maximum atomic E-state index is 12.3. The van der Waals surface area contributed by atoms with E-state index in [1.165, 1.54) is 7.11 Å². The number of methoxy groups -OCH3 is 1. The van der Waals surface area contributed by atoms with Crippen molar-refractivity contribution in [2.24, 2.45) is 4.99 Å². The summed E-state index contributed by atoms with van der Waals surface area (Å²) in [5.74, 6) is 0.374. The van der Waals surface area contributed by atoms with Crippen molar-refractivity contribution >= 4 is 11.7 Å². The van der Waals surface area contributed by atoms with Gasteiger partial charge in [-0.05, 0) is 5.56 Å². The van der Waals surface area contributed by atoms with Crippen LogP contribution in [0, 0.1) is 11.3 Å². The van der Waals surface area contributed by atoms with E-state index >= 15 is 0 Å². The van der Waals surface area contributed by atoms with Crippen LogP contribution < -0.4 is 0 Å². The van der Waals surface area contributed by atoms with Crippen LogP contribution >= 0.6 is 0 Å². The van der Waals surface area contributed by atoms with E-state index in [0.29, 0.717) is 12.3 Å². The van der Waals surface area contributed by atoms with E-state index in [4.69, 9.17) is 9.73 Å². The molecule has 6 heteroatoms. The average Bonchev–Trinajstić information content (AvgIpc) is 2.76. The van der Waals surface area contributed by atoms with E-state index < -0.39 is 5.97 Å². The molecule has 1 heterocycles. The Morgan fingerprint density at radius 2 is 1.72 bits per heavy atom. The van der Waals surface area contributed by atoms with Crippen LogP contribution in [0.3, 0.4) is 0 Å². The highest BCUT2D eigenvalue weighted by molar-refractivity contribution is 6.10. The molecule has 1 aliphatic heterocycles. The fraction of sp³-hybridized carbons (Fsp3) is 0.174. The van der Waals surface area contributed by atoms with E-state index in [9.17, 15) is 10.1 Å². The van der Waals surface area contributed by atoms with Crippen LogP contribution in [0.15, 0.2) is 88.9 Å². The number of benzene rings is 2. The monoisotopic (exact) mass is 386 g/mol. The highest BCUT2D eigenvalue weighted by Crippen LogP contribution is 2.28. The molecule has 0 radical (unpaired) electrons. The van der Waals surface area contributed by atoms with Crippen LogP contribution in [-0.4, -0.2) is 42.7 Å².